The second-order valence-corrected chi connectivity index (χ2v) is 10.7. The molecule has 1 aromatic carbocycles. The van der Waals surface area contributed by atoms with Gasteiger partial charge in [0.05, 0.1) is 21.8 Å². The topological polar surface area (TPSA) is 147 Å². The predicted molar refractivity (Wildman–Crippen MR) is 115 cm³/mol. The monoisotopic (exact) mass is 456 g/mol. The summed E-state index contributed by atoms with van der Waals surface area (Å²) in [6.45, 7) is 7.30. The van der Waals surface area contributed by atoms with Gasteiger partial charge in [0.1, 0.15) is 17.3 Å². The van der Waals surface area contributed by atoms with E-state index in [0.29, 0.717) is 0 Å². The van der Waals surface area contributed by atoms with E-state index < -0.39 is 43.9 Å². The number of Topliss-reactive ketones (excluding diaryl/α,β-unsaturated/α-hetero) is 3. The first-order chi connectivity index (χ1) is 15.2. The largest absolute Gasteiger partial charge is 0.454 e. The van der Waals surface area contributed by atoms with Crippen molar-refractivity contribution in [3.63, 3.8) is 0 Å². The number of allylic oxidation sites excluding steroid dienone is 2. The smallest absolute Gasteiger partial charge is 0.318 e. The molecule has 33 heavy (non-hydrogen) atoms. The van der Waals surface area contributed by atoms with E-state index in [4.69, 9.17) is 4.74 Å². The molecule has 0 amide bonds. The maximum Gasteiger partial charge on any atom is 0.318 e. The minimum Gasteiger partial charge on any atom is -0.454 e. The minimum absolute atomic E-state index is 0.0332. The molecule has 0 saturated heterocycles. The molecule has 2 aliphatic carbocycles. The Bertz CT molecular complexity index is 1160. The van der Waals surface area contributed by atoms with Gasteiger partial charge in [0.25, 0.3) is 5.69 Å². The molecule has 0 spiro atoms. The average molecular weight is 456 g/mol. The molecule has 4 rings (SSSR count). The molecule has 0 N–H and O–H groups in total. The Labute approximate surface area is 189 Å². The summed E-state index contributed by atoms with van der Waals surface area (Å²) in [5.41, 5.74) is -2.16. The third-order valence-electron chi connectivity index (χ3n) is 6.57. The van der Waals surface area contributed by atoms with Gasteiger partial charge in [-0.25, -0.2) is 0 Å². The van der Waals surface area contributed by atoms with Gasteiger partial charge in [-0.05, 0) is 10.8 Å². The quantitative estimate of drug-likeness (QED) is 0.373. The lowest BCUT2D eigenvalue weighted by atomic mass is 9.62. The molecular formula is C23H24N2O8. The van der Waals surface area contributed by atoms with Crippen LogP contribution in [0.15, 0.2) is 23.5 Å². The van der Waals surface area contributed by atoms with Gasteiger partial charge in [-0.3, -0.25) is 34.6 Å². The summed E-state index contributed by atoms with van der Waals surface area (Å²) < 4.78 is 5.87. The number of nitrogens with zero attached hydrogens (tertiary/aromatic N) is 2. The Morgan fingerprint density at radius 1 is 0.848 bits per heavy atom. The summed E-state index contributed by atoms with van der Waals surface area (Å²) in [4.78, 5) is 61.4. The predicted octanol–water partition coefficient (Wildman–Crippen LogP) is 4.20. The van der Waals surface area contributed by atoms with Gasteiger partial charge in [0, 0.05) is 48.8 Å². The standard InChI is InChI=1S/C23H24N2O8/c1-22(2)7-14(26)19(15(27)8-22)18-12-5-11(24(29)30)6-13(25(31)32)21(12)33-17-10-23(3,4)9-16(28)20(17)18/h5-6,18-19H,7-10H2,1-4H3. The van der Waals surface area contributed by atoms with E-state index in [2.05, 4.69) is 0 Å². The van der Waals surface area contributed by atoms with Crippen molar-refractivity contribution >= 4 is 28.7 Å². The lowest BCUT2D eigenvalue weighted by Crippen LogP contribution is -2.44. The molecular weight excluding hydrogens is 432 g/mol. The minimum atomic E-state index is -1.25. The first kappa shape index (κ1) is 22.8. The fourth-order valence-electron chi connectivity index (χ4n) is 5.32. The van der Waals surface area contributed by atoms with E-state index in [9.17, 15) is 34.6 Å². The Morgan fingerprint density at radius 2 is 1.42 bits per heavy atom. The molecule has 1 aromatic rings. The Morgan fingerprint density at radius 3 is 1.97 bits per heavy atom. The van der Waals surface area contributed by atoms with Crippen LogP contribution in [0, 0.1) is 37.0 Å². The van der Waals surface area contributed by atoms with Crippen LogP contribution in [-0.2, 0) is 14.4 Å². The van der Waals surface area contributed by atoms with Crippen LogP contribution < -0.4 is 4.74 Å². The molecule has 3 aliphatic rings. The van der Waals surface area contributed by atoms with Crippen molar-refractivity contribution in [2.45, 2.75) is 59.3 Å². The number of hydrogen-bond donors (Lipinski definition) is 0. The number of ether oxygens (including phenoxy) is 1. The van der Waals surface area contributed by atoms with Gasteiger partial charge in [-0.2, -0.15) is 0 Å². The third-order valence-corrected chi connectivity index (χ3v) is 6.57. The third kappa shape index (κ3) is 3.83. The van der Waals surface area contributed by atoms with E-state index >= 15 is 0 Å². The summed E-state index contributed by atoms with van der Waals surface area (Å²) >= 11 is 0. The number of non-ortho nitro benzene ring substituents is 1. The number of ketones is 3. The second kappa shape index (κ2) is 7.29. The van der Waals surface area contributed by atoms with Gasteiger partial charge >= 0.3 is 5.69 Å². The molecule has 0 aromatic heterocycles. The van der Waals surface area contributed by atoms with Crippen molar-refractivity contribution in [3.8, 4) is 5.75 Å². The maximum atomic E-state index is 13.3. The van der Waals surface area contributed by atoms with Gasteiger partial charge in [-0.1, -0.05) is 27.7 Å². The molecule has 1 heterocycles. The number of nitro benzene ring substituents is 2. The number of carbonyl (C=O) groups excluding carboxylic acids is 3. The zero-order valence-corrected chi connectivity index (χ0v) is 18.8. The normalized spacial score (nSPS) is 24.1. The zero-order valence-electron chi connectivity index (χ0n) is 18.8. The molecule has 1 atom stereocenters. The van der Waals surface area contributed by atoms with Crippen LogP contribution in [0.2, 0.25) is 0 Å². The highest BCUT2D eigenvalue weighted by Crippen LogP contribution is 2.55. The van der Waals surface area contributed by atoms with Crippen LogP contribution in [0.3, 0.4) is 0 Å². The lowest BCUT2D eigenvalue weighted by molar-refractivity contribution is -0.394. The van der Waals surface area contributed by atoms with Crippen molar-refractivity contribution in [3.05, 3.63) is 49.3 Å². The van der Waals surface area contributed by atoms with Crippen LogP contribution in [-0.4, -0.2) is 27.2 Å². The summed E-state index contributed by atoms with van der Waals surface area (Å²) in [6, 6.07) is 1.88. The zero-order chi connectivity index (χ0) is 24.5. The maximum absolute atomic E-state index is 13.3. The number of rotatable bonds is 3. The summed E-state index contributed by atoms with van der Waals surface area (Å²) in [5.74, 6) is -3.54. The average Bonchev–Trinajstić information content (AvgIpc) is 2.63. The van der Waals surface area contributed by atoms with Gasteiger partial charge in [0.2, 0.25) is 5.75 Å². The Balaban J connectivity index is 2.00. The number of nitro groups is 2. The highest BCUT2D eigenvalue weighted by atomic mass is 16.6. The first-order valence-electron chi connectivity index (χ1n) is 10.7. The molecule has 1 fully saturated rings. The number of hydrogen-bond acceptors (Lipinski definition) is 8. The van der Waals surface area contributed by atoms with E-state index in [-0.39, 0.29) is 65.7 Å². The molecule has 0 bridgehead atoms. The number of benzene rings is 1. The Hall–Kier alpha value is -3.43. The summed E-state index contributed by atoms with van der Waals surface area (Å²) in [6.07, 6.45) is 0.599. The molecule has 1 unspecified atom stereocenters. The molecule has 1 aliphatic heterocycles. The molecule has 10 heteroatoms. The fraction of sp³-hybridized carbons (Fsp3) is 0.522. The molecule has 10 nitrogen and oxygen atoms in total. The molecule has 1 saturated carbocycles. The van der Waals surface area contributed by atoms with E-state index in [0.717, 1.165) is 12.1 Å². The Kier molecular flexibility index (Phi) is 5.03. The van der Waals surface area contributed by atoms with E-state index in [1.165, 1.54) is 0 Å². The summed E-state index contributed by atoms with van der Waals surface area (Å²) in [7, 11) is 0. The van der Waals surface area contributed by atoms with Crippen LogP contribution in [0.4, 0.5) is 11.4 Å². The van der Waals surface area contributed by atoms with Crippen molar-refractivity contribution < 1.29 is 29.0 Å². The molecule has 174 valence electrons. The van der Waals surface area contributed by atoms with Crippen LogP contribution in [0.1, 0.15) is 64.9 Å². The van der Waals surface area contributed by atoms with Crippen LogP contribution in [0.5, 0.6) is 5.75 Å². The van der Waals surface area contributed by atoms with Gasteiger partial charge < -0.3 is 4.74 Å². The first-order valence-corrected chi connectivity index (χ1v) is 10.7. The van der Waals surface area contributed by atoms with Crippen molar-refractivity contribution in [1.29, 1.82) is 0 Å². The number of fused-ring (bicyclic) bond motifs is 1. The fourth-order valence-corrected chi connectivity index (χ4v) is 5.32. The summed E-state index contributed by atoms with van der Waals surface area (Å²) in [5, 5.41) is 23.3. The SMILES string of the molecule is CC1(C)CC(=O)C(C2C3=C(CC(C)(C)CC3=O)Oc3c2cc([N+](=O)[O-])cc3[N+](=O)[O-])C(=O)C1. The van der Waals surface area contributed by atoms with Crippen LogP contribution >= 0.6 is 0 Å². The van der Waals surface area contributed by atoms with E-state index in [1.54, 1.807) is 13.8 Å². The van der Waals surface area contributed by atoms with Crippen molar-refractivity contribution in [2.75, 3.05) is 0 Å². The van der Waals surface area contributed by atoms with Crippen molar-refractivity contribution in [1.82, 2.24) is 0 Å². The van der Waals surface area contributed by atoms with E-state index in [1.807, 2.05) is 13.8 Å². The van der Waals surface area contributed by atoms with Gasteiger partial charge in [-0.15, -0.1) is 0 Å². The molecule has 0 radical (unpaired) electrons. The van der Waals surface area contributed by atoms with Crippen molar-refractivity contribution in [2.24, 2.45) is 16.7 Å². The van der Waals surface area contributed by atoms with Gasteiger partial charge in [0.15, 0.2) is 5.78 Å². The number of carbonyl (C=O) groups is 3. The highest BCUT2D eigenvalue weighted by molar-refractivity contribution is 6.09. The lowest BCUT2D eigenvalue weighted by Gasteiger charge is -2.42. The van der Waals surface area contributed by atoms with Crippen LogP contribution in [0.25, 0.3) is 0 Å². The second-order valence-electron chi connectivity index (χ2n) is 10.7. The highest BCUT2D eigenvalue weighted by Gasteiger charge is 2.52.